The van der Waals surface area contributed by atoms with Crippen molar-refractivity contribution in [2.24, 2.45) is 5.92 Å². The maximum absolute atomic E-state index is 13.5. The van der Waals surface area contributed by atoms with Crippen molar-refractivity contribution in [2.75, 3.05) is 38.3 Å². The number of hydrogen-bond acceptors (Lipinski definition) is 10. The van der Waals surface area contributed by atoms with E-state index < -0.39 is 16.1 Å². The Hall–Kier alpha value is -3.81. The number of nitrogens with zero attached hydrogens (tertiary/aromatic N) is 3. The fourth-order valence-electron chi connectivity index (χ4n) is 5.50. The highest BCUT2D eigenvalue weighted by Crippen LogP contribution is 2.34. The van der Waals surface area contributed by atoms with Crippen LogP contribution in [0.25, 0.3) is 0 Å². The Kier molecular flexibility index (Phi) is 8.86. The van der Waals surface area contributed by atoms with E-state index in [9.17, 15) is 18.3 Å². The predicted octanol–water partition coefficient (Wildman–Crippen LogP) is 3.10. The number of aliphatic hydroxyl groups excluding tert-OH is 1. The number of carbonyl (C=O) groups is 1. The molecule has 0 radical (unpaired) electrons. The third-order valence-electron chi connectivity index (χ3n) is 7.79. The molecule has 0 saturated heterocycles. The summed E-state index contributed by atoms with van der Waals surface area (Å²) >= 11 is 0. The number of benzene rings is 2. The highest BCUT2D eigenvalue weighted by Gasteiger charge is 2.32. The Morgan fingerprint density at radius 2 is 1.88 bits per heavy atom. The van der Waals surface area contributed by atoms with Gasteiger partial charge in [-0.3, -0.25) is 14.4 Å². The normalized spacial score (nSPS) is 19.3. The first-order chi connectivity index (χ1) is 20.4. The Bertz CT molecular complexity index is 1570. The number of aromatic nitrogens is 1. The first-order valence-electron chi connectivity index (χ1n) is 14.2. The summed E-state index contributed by atoms with van der Waals surface area (Å²) in [5.41, 5.74) is 2.13. The van der Waals surface area contributed by atoms with Crippen LogP contribution in [-0.2, 0) is 27.8 Å². The molecule has 3 atom stereocenters. The molecule has 0 saturated carbocycles. The van der Waals surface area contributed by atoms with Gasteiger partial charge in [-0.25, -0.2) is 8.42 Å². The van der Waals surface area contributed by atoms with Gasteiger partial charge in [0.05, 0.1) is 19.1 Å². The number of anilines is 1. The van der Waals surface area contributed by atoms with Crippen LogP contribution < -0.4 is 18.9 Å². The number of carbonyl (C=O) groups excluding carboxylic acids is 1. The molecular weight excluding hydrogens is 576 g/mol. The van der Waals surface area contributed by atoms with Gasteiger partial charge in [-0.1, -0.05) is 18.1 Å². The summed E-state index contributed by atoms with van der Waals surface area (Å²) < 4.78 is 51.5. The van der Waals surface area contributed by atoms with Crippen LogP contribution in [0.3, 0.4) is 0 Å². The average Bonchev–Trinajstić information content (AvgIpc) is 3.57. The minimum Gasteiger partial charge on any atom is -0.488 e. The molecule has 2 aromatic carbocycles. The monoisotopic (exact) mass is 614 g/mol. The highest BCUT2D eigenvalue weighted by atomic mass is 32.2. The summed E-state index contributed by atoms with van der Waals surface area (Å²) in [5, 5.41) is 13.7. The predicted molar refractivity (Wildman–Crippen MR) is 158 cm³/mol. The van der Waals surface area contributed by atoms with Crippen molar-refractivity contribution in [3.05, 3.63) is 59.0 Å². The lowest BCUT2D eigenvalue weighted by molar-refractivity contribution is -0.134. The maximum Gasteiger partial charge on any atom is 0.267 e. The molecule has 5 rings (SSSR count). The number of amides is 1. The van der Waals surface area contributed by atoms with Gasteiger partial charge in [0.15, 0.2) is 22.2 Å². The van der Waals surface area contributed by atoms with E-state index in [-0.39, 0.29) is 59.8 Å². The third kappa shape index (κ3) is 6.73. The lowest BCUT2D eigenvalue weighted by Crippen LogP contribution is -2.47. The second-order valence-electron chi connectivity index (χ2n) is 11.4. The Morgan fingerprint density at radius 3 is 2.60 bits per heavy atom. The Labute approximate surface area is 251 Å². The molecule has 3 aromatic rings. The van der Waals surface area contributed by atoms with E-state index in [2.05, 4.69) is 14.8 Å². The number of sulfonamides is 1. The van der Waals surface area contributed by atoms with Crippen LogP contribution in [0, 0.1) is 19.8 Å². The van der Waals surface area contributed by atoms with Crippen molar-refractivity contribution in [1.82, 2.24) is 15.0 Å². The lowest BCUT2D eigenvalue weighted by Gasteiger charge is -2.34. The largest absolute Gasteiger partial charge is 0.488 e. The molecule has 0 aliphatic carbocycles. The zero-order valence-corrected chi connectivity index (χ0v) is 25.8. The number of fused-ring (bicyclic) bond motifs is 2. The standard InChI is InChI=1S/C30H38N4O8S/c1-18-13-34(19(2)16-35)29(36)12-23-11-24(32-43(37,38)30-20(3)31-42-21(30)4)7-9-25(23)41-28(18)15-33(5)14-22-6-8-26-27(10-22)40-17-39-26/h6-11,18-19,28,32,35H,12-17H2,1-5H3/t18-,19-,28-/m0/s1. The van der Waals surface area contributed by atoms with Gasteiger partial charge in [0, 0.05) is 36.8 Å². The van der Waals surface area contributed by atoms with Crippen LogP contribution in [0.15, 0.2) is 45.8 Å². The summed E-state index contributed by atoms with van der Waals surface area (Å²) in [5.74, 6) is 1.87. The zero-order valence-electron chi connectivity index (χ0n) is 25.0. The van der Waals surface area contributed by atoms with Gasteiger partial charge in [0.1, 0.15) is 17.5 Å². The molecule has 0 unspecified atom stereocenters. The number of aliphatic hydroxyl groups is 1. The van der Waals surface area contributed by atoms with Gasteiger partial charge >= 0.3 is 0 Å². The van der Waals surface area contributed by atoms with Crippen LogP contribution in [0.4, 0.5) is 5.69 Å². The molecular formula is C30H38N4O8S. The second kappa shape index (κ2) is 12.4. The van der Waals surface area contributed by atoms with Gasteiger partial charge in [-0.05, 0) is 63.7 Å². The van der Waals surface area contributed by atoms with E-state index in [4.69, 9.17) is 18.7 Å². The molecule has 2 N–H and O–H groups in total. The summed E-state index contributed by atoms with van der Waals surface area (Å²) in [6.45, 7) is 8.53. The first-order valence-corrected chi connectivity index (χ1v) is 15.7. The highest BCUT2D eigenvalue weighted by molar-refractivity contribution is 7.92. The molecule has 232 valence electrons. The topological polar surface area (TPSA) is 144 Å². The Balaban J connectivity index is 1.41. The minimum absolute atomic E-state index is 0.0208. The molecule has 0 fully saturated rings. The van der Waals surface area contributed by atoms with E-state index in [1.165, 1.54) is 6.92 Å². The SMILES string of the molecule is Cc1noc(C)c1S(=O)(=O)Nc1ccc2c(c1)CC(=O)N([C@@H](C)CO)C[C@H](C)[C@H](CN(C)Cc1ccc3c(c1)OCO3)O2. The van der Waals surface area contributed by atoms with Gasteiger partial charge in [-0.15, -0.1) is 0 Å². The van der Waals surface area contributed by atoms with Crippen molar-refractivity contribution >= 4 is 21.6 Å². The summed E-state index contributed by atoms with van der Waals surface area (Å²) in [6, 6.07) is 10.4. The van der Waals surface area contributed by atoms with Crippen LogP contribution in [0.2, 0.25) is 0 Å². The number of hydrogen-bond donors (Lipinski definition) is 2. The van der Waals surface area contributed by atoms with E-state index in [0.717, 1.165) is 17.1 Å². The van der Waals surface area contributed by atoms with Gasteiger partial charge in [-0.2, -0.15) is 0 Å². The number of aryl methyl sites for hydroxylation is 2. The van der Waals surface area contributed by atoms with Crippen molar-refractivity contribution in [3.8, 4) is 17.2 Å². The second-order valence-corrected chi connectivity index (χ2v) is 13.0. The molecule has 43 heavy (non-hydrogen) atoms. The number of ether oxygens (including phenoxy) is 3. The molecule has 13 heteroatoms. The van der Waals surface area contributed by atoms with Crippen molar-refractivity contribution in [1.29, 1.82) is 0 Å². The summed E-state index contributed by atoms with van der Waals surface area (Å²) in [4.78, 5) is 17.3. The molecule has 0 bridgehead atoms. The van der Waals surface area contributed by atoms with Crippen LogP contribution in [0.5, 0.6) is 17.2 Å². The van der Waals surface area contributed by atoms with E-state index in [1.54, 1.807) is 36.9 Å². The van der Waals surface area contributed by atoms with E-state index in [0.29, 0.717) is 30.9 Å². The molecule has 1 aromatic heterocycles. The molecule has 3 heterocycles. The molecule has 2 aliphatic heterocycles. The van der Waals surface area contributed by atoms with Gasteiger partial charge < -0.3 is 28.7 Å². The zero-order chi connectivity index (χ0) is 30.9. The smallest absolute Gasteiger partial charge is 0.267 e. The fourth-order valence-corrected chi connectivity index (χ4v) is 6.88. The van der Waals surface area contributed by atoms with Gasteiger partial charge in [0.2, 0.25) is 12.7 Å². The minimum atomic E-state index is -3.99. The van der Waals surface area contributed by atoms with Crippen molar-refractivity contribution in [2.45, 2.75) is 57.7 Å². The summed E-state index contributed by atoms with van der Waals surface area (Å²) in [6.07, 6.45) is -0.338. The molecule has 0 spiro atoms. The summed E-state index contributed by atoms with van der Waals surface area (Å²) in [7, 11) is -1.99. The third-order valence-corrected chi connectivity index (χ3v) is 9.41. The van der Waals surface area contributed by atoms with Gasteiger partial charge in [0.25, 0.3) is 10.0 Å². The quantitative estimate of drug-likeness (QED) is 0.369. The number of nitrogens with one attached hydrogen (secondary N) is 1. The molecule has 12 nitrogen and oxygen atoms in total. The maximum atomic E-state index is 13.5. The van der Waals surface area contributed by atoms with Crippen molar-refractivity contribution < 1.29 is 37.1 Å². The van der Waals surface area contributed by atoms with Crippen LogP contribution >= 0.6 is 0 Å². The van der Waals surface area contributed by atoms with Crippen LogP contribution in [0.1, 0.15) is 36.4 Å². The van der Waals surface area contributed by atoms with E-state index >= 15 is 0 Å². The lowest BCUT2D eigenvalue weighted by atomic mass is 10.0. The number of rotatable bonds is 9. The first kappa shape index (κ1) is 30.6. The number of likely N-dealkylation sites (N-methyl/N-ethyl adjacent to an activating group) is 1. The molecule has 1 amide bonds. The Morgan fingerprint density at radius 1 is 1.14 bits per heavy atom. The van der Waals surface area contributed by atoms with Crippen molar-refractivity contribution in [3.63, 3.8) is 0 Å². The average molecular weight is 615 g/mol. The fraction of sp³-hybridized carbons (Fsp3) is 0.467. The van der Waals surface area contributed by atoms with Crippen LogP contribution in [-0.4, -0.2) is 80.1 Å². The molecule has 2 aliphatic rings. The van der Waals surface area contributed by atoms with E-state index in [1.807, 2.05) is 32.2 Å².